The SMILES string of the molecule is CCCNCc1c(CC)nn(-c2ccccn2)c1CC. The van der Waals surface area contributed by atoms with Crippen LogP contribution >= 0.6 is 0 Å². The molecule has 0 aliphatic rings. The quantitative estimate of drug-likeness (QED) is 0.788. The minimum Gasteiger partial charge on any atom is -0.313 e. The first-order valence-corrected chi connectivity index (χ1v) is 7.53. The molecule has 0 aromatic carbocycles. The molecule has 0 unspecified atom stereocenters. The molecule has 0 radical (unpaired) electrons. The normalized spacial score (nSPS) is 10.9. The Morgan fingerprint density at radius 1 is 1.15 bits per heavy atom. The molecule has 4 heteroatoms. The molecule has 0 aliphatic heterocycles. The number of nitrogens with one attached hydrogen (secondary N) is 1. The second-order valence-electron chi connectivity index (χ2n) is 4.86. The highest BCUT2D eigenvalue weighted by molar-refractivity contribution is 5.33. The average molecular weight is 272 g/mol. The van der Waals surface area contributed by atoms with Gasteiger partial charge in [0.1, 0.15) is 0 Å². The van der Waals surface area contributed by atoms with E-state index in [-0.39, 0.29) is 0 Å². The fraction of sp³-hybridized carbons (Fsp3) is 0.500. The van der Waals surface area contributed by atoms with Crippen molar-refractivity contribution in [2.24, 2.45) is 0 Å². The predicted octanol–water partition coefficient (Wildman–Crippen LogP) is 2.89. The zero-order valence-electron chi connectivity index (χ0n) is 12.7. The van der Waals surface area contributed by atoms with Crippen LogP contribution in [0.5, 0.6) is 0 Å². The first-order chi connectivity index (χ1) is 9.81. The van der Waals surface area contributed by atoms with E-state index < -0.39 is 0 Å². The van der Waals surface area contributed by atoms with Crippen LogP contribution in [0.4, 0.5) is 0 Å². The number of hydrogen-bond donors (Lipinski definition) is 1. The van der Waals surface area contributed by atoms with Gasteiger partial charge < -0.3 is 5.32 Å². The Morgan fingerprint density at radius 2 is 2.00 bits per heavy atom. The van der Waals surface area contributed by atoms with Gasteiger partial charge in [0, 0.05) is 18.3 Å². The van der Waals surface area contributed by atoms with Crippen molar-refractivity contribution in [2.45, 2.75) is 46.6 Å². The second kappa shape index (κ2) is 7.20. The Morgan fingerprint density at radius 3 is 2.60 bits per heavy atom. The van der Waals surface area contributed by atoms with Gasteiger partial charge in [0.25, 0.3) is 0 Å². The van der Waals surface area contributed by atoms with Crippen LogP contribution in [-0.2, 0) is 19.4 Å². The predicted molar refractivity (Wildman–Crippen MR) is 82.1 cm³/mol. The Labute approximate surface area is 121 Å². The summed E-state index contributed by atoms with van der Waals surface area (Å²) in [7, 11) is 0. The molecule has 0 saturated carbocycles. The lowest BCUT2D eigenvalue weighted by atomic mass is 10.1. The molecule has 2 heterocycles. The van der Waals surface area contributed by atoms with Crippen LogP contribution in [0, 0.1) is 0 Å². The number of aryl methyl sites for hydroxylation is 1. The molecule has 0 amide bonds. The fourth-order valence-electron chi connectivity index (χ4n) is 2.45. The van der Waals surface area contributed by atoms with Crippen LogP contribution in [0.3, 0.4) is 0 Å². The van der Waals surface area contributed by atoms with Gasteiger partial charge in [0.15, 0.2) is 5.82 Å². The Hall–Kier alpha value is -1.68. The van der Waals surface area contributed by atoms with Crippen molar-refractivity contribution in [3.8, 4) is 5.82 Å². The third-order valence-corrected chi connectivity index (χ3v) is 3.44. The molecule has 4 nitrogen and oxygen atoms in total. The summed E-state index contributed by atoms with van der Waals surface area (Å²) in [5.41, 5.74) is 3.79. The molecular formula is C16H24N4. The third-order valence-electron chi connectivity index (χ3n) is 3.44. The van der Waals surface area contributed by atoms with Crippen LogP contribution in [0.1, 0.15) is 44.1 Å². The highest BCUT2D eigenvalue weighted by atomic mass is 15.3. The van der Waals surface area contributed by atoms with Crippen molar-refractivity contribution in [1.29, 1.82) is 0 Å². The largest absolute Gasteiger partial charge is 0.313 e. The van der Waals surface area contributed by atoms with Crippen LogP contribution in [0.2, 0.25) is 0 Å². The smallest absolute Gasteiger partial charge is 0.153 e. The molecule has 0 bridgehead atoms. The van der Waals surface area contributed by atoms with E-state index in [4.69, 9.17) is 5.10 Å². The molecule has 0 saturated heterocycles. The zero-order valence-corrected chi connectivity index (χ0v) is 12.7. The monoisotopic (exact) mass is 272 g/mol. The molecule has 20 heavy (non-hydrogen) atoms. The third kappa shape index (κ3) is 3.07. The lowest BCUT2D eigenvalue weighted by molar-refractivity contribution is 0.666. The summed E-state index contributed by atoms with van der Waals surface area (Å²) < 4.78 is 2.00. The van der Waals surface area contributed by atoms with Crippen LogP contribution in [0.15, 0.2) is 24.4 Å². The lowest BCUT2D eigenvalue weighted by Gasteiger charge is -2.08. The van der Waals surface area contributed by atoms with E-state index in [0.29, 0.717) is 0 Å². The molecule has 2 aromatic rings. The minimum absolute atomic E-state index is 0.896. The second-order valence-corrected chi connectivity index (χ2v) is 4.86. The van der Waals surface area contributed by atoms with Crippen molar-refractivity contribution in [1.82, 2.24) is 20.1 Å². The topological polar surface area (TPSA) is 42.7 Å². The molecule has 0 atom stereocenters. The van der Waals surface area contributed by atoms with Crippen molar-refractivity contribution >= 4 is 0 Å². The van der Waals surface area contributed by atoms with Crippen molar-refractivity contribution in [3.63, 3.8) is 0 Å². The maximum atomic E-state index is 4.76. The average Bonchev–Trinajstić information content (AvgIpc) is 2.86. The van der Waals surface area contributed by atoms with Gasteiger partial charge >= 0.3 is 0 Å². The fourth-order valence-corrected chi connectivity index (χ4v) is 2.45. The number of rotatable bonds is 7. The van der Waals surface area contributed by atoms with Crippen molar-refractivity contribution in [2.75, 3.05) is 6.54 Å². The molecular weight excluding hydrogens is 248 g/mol. The molecule has 0 fully saturated rings. The first-order valence-electron chi connectivity index (χ1n) is 7.53. The number of aromatic nitrogens is 3. The summed E-state index contributed by atoms with van der Waals surface area (Å²) >= 11 is 0. The highest BCUT2D eigenvalue weighted by Gasteiger charge is 2.16. The summed E-state index contributed by atoms with van der Waals surface area (Å²) in [6, 6.07) is 5.95. The summed E-state index contributed by atoms with van der Waals surface area (Å²) in [6.45, 7) is 8.47. The van der Waals surface area contributed by atoms with Crippen LogP contribution in [-0.4, -0.2) is 21.3 Å². The number of pyridine rings is 1. The first kappa shape index (κ1) is 14.7. The van der Waals surface area contributed by atoms with Gasteiger partial charge in [-0.1, -0.05) is 26.8 Å². The molecule has 2 rings (SSSR count). The summed E-state index contributed by atoms with van der Waals surface area (Å²) in [5, 5.41) is 8.25. The molecule has 1 N–H and O–H groups in total. The number of hydrogen-bond acceptors (Lipinski definition) is 3. The minimum atomic E-state index is 0.896. The van der Waals surface area contributed by atoms with E-state index in [1.165, 1.54) is 17.0 Å². The van der Waals surface area contributed by atoms with Crippen molar-refractivity contribution in [3.05, 3.63) is 41.3 Å². The van der Waals surface area contributed by atoms with Gasteiger partial charge in [0.05, 0.1) is 11.4 Å². The van der Waals surface area contributed by atoms with Gasteiger partial charge in [-0.15, -0.1) is 0 Å². The van der Waals surface area contributed by atoms with Gasteiger partial charge in [0.2, 0.25) is 0 Å². The zero-order chi connectivity index (χ0) is 14.4. The van der Waals surface area contributed by atoms with E-state index in [2.05, 4.69) is 31.1 Å². The van der Waals surface area contributed by atoms with Gasteiger partial charge in [-0.05, 0) is 37.9 Å². The maximum absolute atomic E-state index is 4.76. The van der Waals surface area contributed by atoms with Gasteiger partial charge in [-0.2, -0.15) is 5.10 Å². The van der Waals surface area contributed by atoms with E-state index in [0.717, 1.165) is 38.2 Å². The van der Waals surface area contributed by atoms with Gasteiger partial charge in [-0.3, -0.25) is 0 Å². The lowest BCUT2D eigenvalue weighted by Crippen LogP contribution is -2.16. The van der Waals surface area contributed by atoms with E-state index in [9.17, 15) is 0 Å². The van der Waals surface area contributed by atoms with Crippen molar-refractivity contribution < 1.29 is 0 Å². The standard InChI is InChI=1S/C16H24N4/c1-4-10-17-12-13-14(5-2)19-20(15(13)6-3)16-9-7-8-11-18-16/h7-9,11,17H,4-6,10,12H2,1-3H3. The Kier molecular flexibility index (Phi) is 5.30. The molecule has 2 aromatic heterocycles. The molecule has 108 valence electrons. The number of nitrogens with zero attached hydrogens (tertiary/aromatic N) is 3. The van der Waals surface area contributed by atoms with E-state index in [1.54, 1.807) is 0 Å². The summed E-state index contributed by atoms with van der Waals surface area (Å²) in [5.74, 6) is 0.904. The van der Waals surface area contributed by atoms with Gasteiger partial charge in [-0.25, -0.2) is 9.67 Å². The highest BCUT2D eigenvalue weighted by Crippen LogP contribution is 2.19. The Bertz CT molecular complexity index is 531. The Balaban J connectivity index is 2.38. The molecule has 0 spiro atoms. The summed E-state index contributed by atoms with van der Waals surface area (Å²) in [4.78, 5) is 4.42. The summed E-state index contributed by atoms with van der Waals surface area (Å²) in [6.07, 6.45) is 4.89. The van der Waals surface area contributed by atoms with E-state index in [1.807, 2.05) is 29.1 Å². The molecule has 0 aliphatic carbocycles. The maximum Gasteiger partial charge on any atom is 0.153 e. The van der Waals surface area contributed by atoms with E-state index >= 15 is 0 Å². The van der Waals surface area contributed by atoms with Crippen LogP contribution < -0.4 is 5.32 Å². The van der Waals surface area contributed by atoms with Crippen LogP contribution in [0.25, 0.3) is 5.82 Å².